The molecule has 1 heterocycles. The molecule has 20 heavy (non-hydrogen) atoms. The molecule has 106 valence electrons. The number of nitro groups is 1. The number of nitrogens with one attached hydrogen (secondary N) is 1. The predicted octanol–water partition coefficient (Wildman–Crippen LogP) is 3.51. The molecule has 0 aliphatic carbocycles. The van der Waals surface area contributed by atoms with Crippen LogP contribution in [0.4, 0.5) is 5.69 Å². The Kier molecular flexibility index (Phi) is 4.51. The summed E-state index contributed by atoms with van der Waals surface area (Å²) < 4.78 is 5.99. The smallest absolute Gasteiger partial charge is 0.271 e. The van der Waals surface area contributed by atoms with Crippen LogP contribution in [0.5, 0.6) is 0 Å². The number of oxazole rings is 1. The lowest BCUT2D eigenvalue weighted by molar-refractivity contribution is -0.384. The second-order valence-electron chi connectivity index (χ2n) is 4.63. The summed E-state index contributed by atoms with van der Waals surface area (Å²) in [5.74, 6) is 0.370. The lowest BCUT2D eigenvalue weighted by Gasteiger charge is -2.04. The molecule has 0 atom stereocenters. The molecule has 6 nitrogen and oxygen atoms in total. The number of hydrogen-bond acceptors (Lipinski definition) is 5. The molecule has 0 saturated carbocycles. The molecule has 0 spiro atoms. The number of hydrogen-bond donors (Lipinski definition) is 1. The monoisotopic (exact) mass is 339 g/mol. The molecule has 0 unspecified atom stereocenters. The van der Waals surface area contributed by atoms with Gasteiger partial charge in [-0.15, -0.1) is 0 Å². The average Bonchev–Trinajstić information content (AvgIpc) is 2.84. The second kappa shape index (κ2) is 6.15. The Hall–Kier alpha value is -1.73. The maximum absolute atomic E-state index is 10.8. The first-order chi connectivity index (χ1) is 9.45. The summed E-state index contributed by atoms with van der Waals surface area (Å²) in [5, 5.41) is 14.1. The summed E-state index contributed by atoms with van der Waals surface area (Å²) in [4.78, 5) is 14.7. The van der Waals surface area contributed by atoms with E-state index in [4.69, 9.17) is 4.42 Å². The van der Waals surface area contributed by atoms with E-state index in [1.807, 2.05) is 13.8 Å². The third kappa shape index (κ3) is 3.64. The maximum atomic E-state index is 10.8. The van der Waals surface area contributed by atoms with Crippen LogP contribution in [-0.2, 0) is 6.54 Å². The van der Waals surface area contributed by atoms with Gasteiger partial charge in [-0.1, -0.05) is 29.8 Å². The molecule has 0 amide bonds. The van der Waals surface area contributed by atoms with Crippen molar-refractivity contribution < 1.29 is 9.34 Å². The fraction of sp³-hybridized carbons (Fsp3) is 0.308. The maximum Gasteiger partial charge on any atom is 0.271 e. The normalized spacial score (nSPS) is 11.0. The van der Waals surface area contributed by atoms with E-state index in [1.165, 1.54) is 12.1 Å². The van der Waals surface area contributed by atoms with Crippen molar-refractivity contribution in [2.45, 2.75) is 26.4 Å². The molecule has 2 aromatic rings. The van der Waals surface area contributed by atoms with Gasteiger partial charge in [0, 0.05) is 34.8 Å². The SMILES string of the molecule is CC(C)NCc1coc(-c2cc(Br)cc([N+](=O)[O-])c2)n1. The first kappa shape index (κ1) is 14.7. The minimum Gasteiger partial charge on any atom is -0.444 e. The average molecular weight is 340 g/mol. The van der Waals surface area contributed by atoms with Crippen LogP contribution in [0, 0.1) is 10.1 Å². The number of aromatic nitrogens is 1. The topological polar surface area (TPSA) is 81.2 Å². The van der Waals surface area contributed by atoms with Crippen molar-refractivity contribution in [3.63, 3.8) is 0 Å². The standard InChI is InChI=1S/C13H14BrN3O3/c1-8(2)15-6-11-7-20-13(16-11)9-3-10(14)5-12(4-9)17(18)19/h3-5,7-8,15H,6H2,1-2H3. The minimum absolute atomic E-state index is 0.00516. The Balaban J connectivity index is 2.25. The molecule has 0 aliphatic rings. The molecule has 0 radical (unpaired) electrons. The lowest BCUT2D eigenvalue weighted by Crippen LogP contribution is -2.21. The van der Waals surface area contributed by atoms with Gasteiger partial charge < -0.3 is 9.73 Å². The van der Waals surface area contributed by atoms with Crippen molar-refractivity contribution in [2.24, 2.45) is 0 Å². The van der Waals surface area contributed by atoms with Crippen molar-refractivity contribution in [2.75, 3.05) is 0 Å². The Morgan fingerprint density at radius 2 is 2.20 bits per heavy atom. The molecule has 0 saturated heterocycles. The van der Waals surface area contributed by atoms with Crippen LogP contribution in [0.25, 0.3) is 11.5 Å². The quantitative estimate of drug-likeness (QED) is 0.665. The molecule has 0 fully saturated rings. The number of nitro benzene ring substituents is 1. The van der Waals surface area contributed by atoms with Crippen molar-refractivity contribution in [3.8, 4) is 11.5 Å². The number of rotatable bonds is 5. The molecule has 1 aromatic carbocycles. The number of halogens is 1. The highest BCUT2D eigenvalue weighted by Crippen LogP contribution is 2.28. The van der Waals surface area contributed by atoms with Gasteiger partial charge in [0.05, 0.1) is 10.6 Å². The first-order valence-electron chi connectivity index (χ1n) is 6.09. The summed E-state index contributed by atoms with van der Waals surface area (Å²) in [6.07, 6.45) is 1.55. The van der Waals surface area contributed by atoms with E-state index in [1.54, 1.807) is 12.3 Å². The Labute approximate surface area is 124 Å². The third-order valence-electron chi connectivity index (χ3n) is 2.58. The molecule has 7 heteroatoms. The van der Waals surface area contributed by atoms with Crippen LogP contribution in [0.2, 0.25) is 0 Å². The molecular weight excluding hydrogens is 326 g/mol. The van der Waals surface area contributed by atoms with Crippen LogP contribution in [0.15, 0.2) is 33.4 Å². The third-order valence-corrected chi connectivity index (χ3v) is 3.04. The summed E-state index contributed by atoms with van der Waals surface area (Å²) in [7, 11) is 0. The summed E-state index contributed by atoms with van der Waals surface area (Å²) in [6.45, 7) is 4.68. The fourth-order valence-corrected chi connectivity index (χ4v) is 2.11. The van der Waals surface area contributed by atoms with E-state index in [2.05, 4.69) is 26.2 Å². The highest BCUT2D eigenvalue weighted by Gasteiger charge is 2.13. The minimum atomic E-state index is -0.446. The highest BCUT2D eigenvalue weighted by molar-refractivity contribution is 9.10. The zero-order valence-corrected chi connectivity index (χ0v) is 12.7. The van der Waals surface area contributed by atoms with Gasteiger partial charge in [-0.2, -0.15) is 0 Å². The van der Waals surface area contributed by atoms with Crippen molar-refractivity contribution in [3.05, 3.63) is 44.7 Å². The Bertz CT molecular complexity index is 625. The number of benzene rings is 1. The Morgan fingerprint density at radius 1 is 1.45 bits per heavy atom. The van der Waals surface area contributed by atoms with Gasteiger partial charge in [0.25, 0.3) is 5.69 Å². The number of nitrogens with zero attached hydrogens (tertiary/aromatic N) is 2. The van der Waals surface area contributed by atoms with Gasteiger partial charge in [-0.25, -0.2) is 4.98 Å². The molecule has 0 bridgehead atoms. The molecule has 2 rings (SSSR count). The van der Waals surface area contributed by atoms with E-state index in [0.717, 1.165) is 5.69 Å². The Morgan fingerprint density at radius 3 is 2.85 bits per heavy atom. The summed E-state index contributed by atoms with van der Waals surface area (Å²) in [5.41, 5.74) is 1.33. The van der Waals surface area contributed by atoms with Crippen LogP contribution in [0.3, 0.4) is 0 Å². The molecular formula is C13H14BrN3O3. The van der Waals surface area contributed by atoms with Crippen LogP contribution >= 0.6 is 15.9 Å². The number of non-ortho nitro benzene ring substituents is 1. The van der Waals surface area contributed by atoms with Gasteiger partial charge in [0.1, 0.15) is 6.26 Å². The molecule has 1 N–H and O–H groups in total. The largest absolute Gasteiger partial charge is 0.444 e. The lowest BCUT2D eigenvalue weighted by atomic mass is 10.2. The van der Waals surface area contributed by atoms with Gasteiger partial charge >= 0.3 is 0 Å². The zero-order valence-electron chi connectivity index (χ0n) is 11.1. The van der Waals surface area contributed by atoms with Crippen molar-refractivity contribution >= 4 is 21.6 Å². The first-order valence-corrected chi connectivity index (χ1v) is 6.88. The van der Waals surface area contributed by atoms with Gasteiger partial charge in [-0.05, 0) is 6.07 Å². The van der Waals surface area contributed by atoms with Crippen LogP contribution in [0.1, 0.15) is 19.5 Å². The van der Waals surface area contributed by atoms with Crippen molar-refractivity contribution in [1.82, 2.24) is 10.3 Å². The van der Waals surface area contributed by atoms with Crippen molar-refractivity contribution in [1.29, 1.82) is 0 Å². The van der Waals surface area contributed by atoms with E-state index in [-0.39, 0.29) is 5.69 Å². The molecule has 1 aromatic heterocycles. The van der Waals surface area contributed by atoms with Gasteiger partial charge in [0.15, 0.2) is 0 Å². The zero-order chi connectivity index (χ0) is 14.7. The van der Waals surface area contributed by atoms with Crippen LogP contribution in [-0.4, -0.2) is 15.9 Å². The van der Waals surface area contributed by atoms with E-state index < -0.39 is 4.92 Å². The summed E-state index contributed by atoms with van der Waals surface area (Å²) >= 11 is 3.25. The van der Waals surface area contributed by atoms with Crippen LogP contribution < -0.4 is 5.32 Å². The van der Waals surface area contributed by atoms with E-state index in [0.29, 0.717) is 28.5 Å². The van der Waals surface area contributed by atoms with Gasteiger partial charge in [0.2, 0.25) is 5.89 Å². The van der Waals surface area contributed by atoms with Gasteiger partial charge in [-0.3, -0.25) is 10.1 Å². The second-order valence-corrected chi connectivity index (χ2v) is 5.55. The summed E-state index contributed by atoms with van der Waals surface area (Å²) in [6, 6.07) is 4.96. The predicted molar refractivity (Wildman–Crippen MR) is 78.3 cm³/mol. The fourth-order valence-electron chi connectivity index (χ4n) is 1.63. The molecule has 0 aliphatic heterocycles. The van der Waals surface area contributed by atoms with E-state index >= 15 is 0 Å². The van der Waals surface area contributed by atoms with E-state index in [9.17, 15) is 10.1 Å². The highest BCUT2D eigenvalue weighted by atomic mass is 79.9.